The number of hydrogen-bond donors (Lipinski definition) is 1. The Labute approximate surface area is 165 Å². The predicted octanol–water partition coefficient (Wildman–Crippen LogP) is 3.74. The van der Waals surface area contributed by atoms with Crippen LogP contribution in [-0.4, -0.2) is 16.9 Å². The summed E-state index contributed by atoms with van der Waals surface area (Å²) < 4.78 is 1.13. The van der Waals surface area contributed by atoms with Crippen molar-refractivity contribution in [3.05, 3.63) is 68.3 Å². The Hall–Kier alpha value is -2.06. The Kier molecular flexibility index (Phi) is 5.01. The van der Waals surface area contributed by atoms with E-state index in [2.05, 4.69) is 27.9 Å². The number of aryl methyl sites for hydroxylation is 2. The molecule has 0 radical (unpaired) electrons. The molecular weight excluding hydrogens is 447 g/mol. The molecule has 0 unspecified atom stereocenters. The Morgan fingerprint density at radius 1 is 1.08 bits per heavy atom. The molecule has 1 N–H and O–H groups in total. The molecule has 2 amide bonds. The first-order chi connectivity index (χ1) is 11.9. The quantitative estimate of drug-likeness (QED) is 0.320. The molecule has 1 fully saturated rings. The fourth-order valence-electron chi connectivity index (χ4n) is 2.51. The van der Waals surface area contributed by atoms with Gasteiger partial charge in [0.1, 0.15) is 5.57 Å². The molecule has 0 bridgehead atoms. The maximum absolute atomic E-state index is 12.9. The minimum Gasteiger partial charge on any atom is -0.298 e. The fourth-order valence-corrected chi connectivity index (χ4v) is 3.13. The van der Waals surface area contributed by atoms with Crippen LogP contribution in [0.3, 0.4) is 0 Å². The van der Waals surface area contributed by atoms with Gasteiger partial charge in [0.05, 0.1) is 5.69 Å². The molecule has 1 aliphatic heterocycles. The molecule has 0 aliphatic carbocycles. The maximum Gasteiger partial charge on any atom is 0.270 e. The Bertz CT molecular complexity index is 920. The standard InChI is InChI=1S/C19H15IN2O2S/c1-11-3-6-14(7-4-11)22-18(24)15(17(23)21-19(22)25)10-13-5-8-16(20)12(2)9-13/h3-10H,1-2H3,(H,21,23,25)/b15-10+. The smallest absolute Gasteiger partial charge is 0.270 e. The van der Waals surface area contributed by atoms with Crippen LogP contribution in [0.1, 0.15) is 16.7 Å². The summed E-state index contributed by atoms with van der Waals surface area (Å²) in [5.74, 6) is -0.900. The van der Waals surface area contributed by atoms with Crippen LogP contribution in [0.4, 0.5) is 5.69 Å². The van der Waals surface area contributed by atoms with E-state index in [1.54, 1.807) is 6.08 Å². The van der Waals surface area contributed by atoms with E-state index in [0.717, 1.165) is 20.3 Å². The first-order valence-corrected chi connectivity index (χ1v) is 9.10. The SMILES string of the molecule is Cc1ccc(N2C(=O)/C(=C/c3ccc(I)c(C)c3)C(=O)NC2=S)cc1. The maximum atomic E-state index is 12.9. The molecule has 3 rings (SSSR count). The van der Waals surface area contributed by atoms with Crippen molar-refractivity contribution in [1.82, 2.24) is 5.32 Å². The summed E-state index contributed by atoms with van der Waals surface area (Å²) in [6, 6.07) is 13.2. The van der Waals surface area contributed by atoms with Crippen molar-refractivity contribution in [2.24, 2.45) is 0 Å². The predicted molar refractivity (Wildman–Crippen MR) is 111 cm³/mol. The van der Waals surface area contributed by atoms with Crippen LogP contribution >= 0.6 is 34.8 Å². The molecule has 1 saturated heterocycles. The van der Waals surface area contributed by atoms with Crippen LogP contribution in [-0.2, 0) is 9.59 Å². The van der Waals surface area contributed by atoms with E-state index in [0.29, 0.717) is 5.69 Å². The Morgan fingerprint density at radius 3 is 2.40 bits per heavy atom. The first kappa shape index (κ1) is 17.8. The summed E-state index contributed by atoms with van der Waals surface area (Å²) in [5.41, 5.74) is 3.66. The Balaban J connectivity index is 2.01. The van der Waals surface area contributed by atoms with Crippen molar-refractivity contribution in [3.8, 4) is 0 Å². The average molecular weight is 462 g/mol. The molecule has 1 heterocycles. The number of benzene rings is 2. The number of rotatable bonds is 2. The first-order valence-electron chi connectivity index (χ1n) is 7.61. The van der Waals surface area contributed by atoms with Crippen molar-refractivity contribution in [2.45, 2.75) is 13.8 Å². The van der Waals surface area contributed by atoms with Crippen molar-refractivity contribution >= 4 is 63.5 Å². The van der Waals surface area contributed by atoms with Crippen molar-refractivity contribution in [3.63, 3.8) is 0 Å². The van der Waals surface area contributed by atoms with Gasteiger partial charge in [0.2, 0.25) is 0 Å². The van der Waals surface area contributed by atoms with Gasteiger partial charge < -0.3 is 0 Å². The summed E-state index contributed by atoms with van der Waals surface area (Å²) >= 11 is 7.44. The Morgan fingerprint density at radius 2 is 1.76 bits per heavy atom. The van der Waals surface area contributed by atoms with Gasteiger partial charge in [-0.3, -0.25) is 19.8 Å². The summed E-state index contributed by atoms with van der Waals surface area (Å²) in [5, 5.41) is 2.69. The molecule has 1 aliphatic rings. The lowest BCUT2D eigenvalue weighted by molar-refractivity contribution is -0.122. The molecule has 0 spiro atoms. The fraction of sp³-hybridized carbons (Fsp3) is 0.105. The minimum atomic E-state index is -0.477. The van der Waals surface area contributed by atoms with Crippen LogP contribution in [0.2, 0.25) is 0 Å². The lowest BCUT2D eigenvalue weighted by Gasteiger charge is -2.29. The van der Waals surface area contributed by atoms with Gasteiger partial charge >= 0.3 is 0 Å². The third-order valence-corrected chi connectivity index (χ3v) is 5.38. The molecule has 2 aromatic rings. The van der Waals surface area contributed by atoms with Gasteiger partial charge in [0, 0.05) is 3.57 Å². The number of carbonyl (C=O) groups excluding carboxylic acids is 2. The molecule has 0 saturated carbocycles. The van der Waals surface area contributed by atoms with Gasteiger partial charge in [0.15, 0.2) is 5.11 Å². The van der Waals surface area contributed by atoms with Crippen LogP contribution in [0.25, 0.3) is 6.08 Å². The van der Waals surface area contributed by atoms with E-state index in [-0.39, 0.29) is 10.7 Å². The highest BCUT2D eigenvalue weighted by molar-refractivity contribution is 14.1. The van der Waals surface area contributed by atoms with Crippen molar-refractivity contribution in [1.29, 1.82) is 0 Å². The third-order valence-electron chi connectivity index (χ3n) is 3.89. The molecule has 0 aromatic heterocycles. The molecule has 4 nitrogen and oxygen atoms in total. The van der Waals surface area contributed by atoms with Gasteiger partial charge in [0.25, 0.3) is 11.8 Å². The number of halogens is 1. The molecule has 0 atom stereocenters. The third kappa shape index (κ3) is 3.64. The van der Waals surface area contributed by atoms with Gasteiger partial charge in [-0.15, -0.1) is 0 Å². The lowest BCUT2D eigenvalue weighted by atomic mass is 10.1. The highest BCUT2D eigenvalue weighted by Crippen LogP contribution is 2.23. The second-order valence-corrected chi connectivity index (χ2v) is 7.35. The van der Waals surface area contributed by atoms with Crippen LogP contribution in [0, 0.1) is 17.4 Å². The highest BCUT2D eigenvalue weighted by Gasteiger charge is 2.34. The molecule has 25 heavy (non-hydrogen) atoms. The number of nitrogens with zero attached hydrogens (tertiary/aromatic N) is 1. The van der Waals surface area contributed by atoms with Crippen LogP contribution in [0.15, 0.2) is 48.0 Å². The summed E-state index contributed by atoms with van der Waals surface area (Å²) in [6.45, 7) is 3.95. The number of hydrogen-bond acceptors (Lipinski definition) is 3. The van der Waals surface area contributed by atoms with E-state index in [1.165, 1.54) is 4.90 Å². The lowest BCUT2D eigenvalue weighted by Crippen LogP contribution is -2.54. The molecule has 126 valence electrons. The van der Waals surface area contributed by atoms with E-state index in [9.17, 15) is 9.59 Å². The van der Waals surface area contributed by atoms with Gasteiger partial charge in [-0.1, -0.05) is 29.8 Å². The topological polar surface area (TPSA) is 49.4 Å². The summed E-state index contributed by atoms with van der Waals surface area (Å²) in [6.07, 6.45) is 1.60. The van der Waals surface area contributed by atoms with Crippen molar-refractivity contribution < 1.29 is 9.59 Å². The van der Waals surface area contributed by atoms with Gasteiger partial charge in [-0.05, 0) is 84.1 Å². The largest absolute Gasteiger partial charge is 0.298 e. The minimum absolute atomic E-state index is 0.0646. The zero-order valence-corrected chi connectivity index (χ0v) is 16.6. The number of nitrogens with one attached hydrogen (secondary N) is 1. The zero-order valence-electron chi connectivity index (χ0n) is 13.7. The van der Waals surface area contributed by atoms with Crippen molar-refractivity contribution in [2.75, 3.05) is 4.90 Å². The number of anilines is 1. The van der Waals surface area contributed by atoms with Gasteiger partial charge in [-0.2, -0.15) is 0 Å². The normalized spacial score (nSPS) is 16.4. The number of amides is 2. The van der Waals surface area contributed by atoms with Gasteiger partial charge in [-0.25, -0.2) is 0 Å². The summed E-state index contributed by atoms with van der Waals surface area (Å²) in [7, 11) is 0. The second kappa shape index (κ2) is 7.05. The highest BCUT2D eigenvalue weighted by atomic mass is 127. The number of thiocarbonyl (C=S) groups is 1. The molecule has 2 aromatic carbocycles. The second-order valence-electron chi connectivity index (χ2n) is 5.80. The molecular formula is C19H15IN2O2S. The van der Waals surface area contributed by atoms with E-state index >= 15 is 0 Å². The molecule has 6 heteroatoms. The van der Waals surface area contributed by atoms with E-state index < -0.39 is 11.8 Å². The van der Waals surface area contributed by atoms with Crippen LogP contribution < -0.4 is 10.2 Å². The monoisotopic (exact) mass is 462 g/mol. The van der Waals surface area contributed by atoms with Crippen LogP contribution in [0.5, 0.6) is 0 Å². The number of carbonyl (C=O) groups is 2. The zero-order chi connectivity index (χ0) is 18.1. The van der Waals surface area contributed by atoms with E-state index in [1.807, 2.05) is 56.3 Å². The summed E-state index contributed by atoms with van der Waals surface area (Å²) in [4.78, 5) is 26.5. The van der Waals surface area contributed by atoms with E-state index in [4.69, 9.17) is 12.2 Å². The average Bonchev–Trinajstić information content (AvgIpc) is 2.56.